The van der Waals surface area contributed by atoms with Gasteiger partial charge in [0.15, 0.2) is 0 Å². The van der Waals surface area contributed by atoms with Crippen molar-refractivity contribution in [3.63, 3.8) is 0 Å². The minimum atomic E-state index is -0.243. The maximum atomic E-state index is 13.9. The molecule has 0 atom stereocenters. The van der Waals surface area contributed by atoms with Crippen molar-refractivity contribution >= 4 is 0 Å². The van der Waals surface area contributed by atoms with Gasteiger partial charge in [-0.1, -0.05) is 25.5 Å². The fourth-order valence-electron chi connectivity index (χ4n) is 1.86. The number of nitrogens with zero attached hydrogens (tertiary/aromatic N) is 2. The molecular formula is C14H18FN3. The van der Waals surface area contributed by atoms with Gasteiger partial charge < -0.3 is 5.73 Å². The Balaban J connectivity index is 2.23. The molecule has 0 aliphatic carbocycles. The van der Waals surface area contributed by atoms with Gasteiger partial charge in [0.2, 0.25) is 0 Å². The summed E-state index contributed by atoms with van der Waals surface area (Å²) in [7, 11) is 0. The molecule has 0 bridgehead atoms. The van der Waals surface area contributed by atoms with Gasteiger partial charge in [-0.15, -0.1) is 0 Å². The Kier molecular flexibility index (Phi) is 4.10. The Morgan fingerprint density at radius 3 is 2.89 bits per heavy atom. The van der Waals surface area contributed by atoms with Gasteiger partial charge in [0, 0.05) is 30.4 Å². The summed E-state index contributed by atoms with van der Waals surface area (Å²) in [6.45, 7) is 3.36. The second kappa shape index (κ2) is 5.78. The maximum absolute atomic E-state index is 13.9. The van der Waals surface area contributed by atoms with Crippen molar-refractivity contribution in [2.24, 2.45) is 5.73 Å². The number of nitrogens with two attached hydrogens (primary N) is 1. The average molecular weight is 247 g/mol. The third-order valence-electron chi connectivity index (χ3n) is 2.95. The van der Waals surface area contributed by atoms with Crippen LogP contribution in [0.5, 0.6) is 0 Å². The zero-order valence-electron chi connectivity index (χ0n) is 10.6. The van der Waals surface area contributed by atoms with Gasteiger partial charge in [-0.3, -0.25) is 4.68 Å². The van der Waals surface area contributed by atoms with Crippen LogP contribution in [0.3, 0.4) is 0 Å². The van der Waals surface area contributed by atoms with Crippen molar-refractivity contribution in [1.29, 1.82) is 0 Å². The molecule has 3 nitrogen and oxygen atoms in total. The summed E-state index contributed by atoms with van der Waals surface area (Å²) in [5, 5.41) is 4.24. The van der Waals surface area contributed by atoms with E-state index < -0.39 is 0 Å². The van der Waals surface area contributed by atoms with Crippen molar-refractivity contribution < 1.29 is 4.39 Å². The first-order chi connectivity index (χ1) is 8.74. The van der Waals surface area contributed by atoms with Crippen LogP contribution in [0.2, 0.25) is 0 Å². The number of hydrogen-bond donors (Lipinski definition) is 1. The van der Waals surface area contributed by atoms with Crippen LogP contribution in [-0.2, 0) is 13.1 Å². The van der Waals surface area contributed by atoms with Crippen LogP contribution < -0.4 is 5.73 Å². The Morgan fingerprint density at radius 2 is 2.22 bits per heavy atom. The molecule has 0 aliphatic rings. The summed E-state index contributed by atoms with van der Waals surface area (Å²) in [5.41, 5.74) is 7.67. The van der Waals surface area contributed by atoms with Gasteiger partial charge in [0.1, 0.15) is 5.82 Å². The summed E-state index contributed by atoms with van der Waals surface area (Å²) < 4.78 is 15.7. The Bertz CT molecular complexity index is 520. The number of hydrogen-bond acceptors (Lipinski definition) is 2. The number of benzene rings is 1. The number of aryl methyl sites for hydroxylation is 1. The molecule has 18 heavy (non-hydrogen) atoms. The molecule has 1 aromatic carbocycles. The zero-order chi connectivity index (χ0) is 13.0. The minimum Gasteiger partial charge on any atom is -0.326 e. The van der Waals surface area contributed by atoms with Gasteiger partial charge in [-0.25, -0.2) is 4.39 Å². The molecular weight excluding hydrogens is 229 g/mol. The predicted octanol–water partition coefficient (Wildman–Crippen LogP) is 2.95. The van der Waals surface area contributed by atoms with Gasteiger partial charge in [-0.05, 0) is 18.1 Å². The van der Waals surface area contributed by atoms with Crippen LogP contribution in [0.1, 0.15) is 25.3 Å². The zero-order valence-corrected chi connectivity index (χ0v) is 10.6. The highest BCUT2D eigenvalue weighted by atomic mass is 19.1. The molecule has 0 aliphatic heterocycles. The highest BCUT2D eigenvalue weighted by Crippen LogP contribution is 2.23. The molecule has 0 spiro atoms. The van der Waals surface area contributed by atoms with Gasteiger partial charge in [0.05, 0.1) is 6.20 Å². The number of aromatic nitrogens is 2. The van der Waals surface area contributed by atoms with E-state index in [1.807, 2.05) is 16.9 Å². The maximum Gasteiger partial charge on any atom is 0.131 e. The summed E-state index contributed by atoms with van der Waals surface area (Å²) >= 11 is 0. The third kappa shape index (κ3) is 2.76. The Labute approximate surface area is 106 Å². The van der Waals surface area contributed by atoms with Crippen molar-refractivity contribution in [3.05, 3.63) is 42.0 Å². The second-order valence-electron chi connectivity index (χ2n) is 4.36. The Morgan fingerprint density at radius 1 is 1.39 bits per heavy atom. The van der Waals surface area contributed by atoms with E-state index in [1.165, 1.54) is 6.07 Å². The summed E-state index contributed by atoms with van der Waals surface area (Å²) in [6.07, 6.45) is 5.79. The van der Waals surface area contributed by atoms with E-state index in [4.69, 9.17) is 5.73 Å². The van der Waals surface area contributed by atoms with Crippen LogP contribution in [0.25, 0.3) is 11.1 Å². The highest BCUT2D eigenvalue weighted by molar-refractivity contribution is 5.62. The van der Waals surface area contributed by atoms with Gasteiger partial charge in [-0.2, -0.15) is 5.10 Å². The van der Waals surface area contributed by atoms with Crippen LogP contribution in [0.15, 0.2) is 30.6 Å². The first-order valence-electron chi connectivity index (χ1n) is 6.26. The third-order valence-corrected chi connectivity index (χ3v) is 2.95. The number of unbranched alkanes of at least 4 members (excludes halogenated alkanes) is 1. The summed E-state index contributed by atoms with van der Waals surface area (Å²) in [4.78, 5) is 0. The lowest BCUT2D eigenvalue weighted by Gasteiger charge is -2.02. The monoisotopic (exact) mass is 247 g/mol. The van der Waals surface area contributed by atoms with E-state index in [-0.39, 0.29) is 5.82 Å². The van der Waals surface area contributed by atoms with E-state index in [9.17, 15) is 4.39 Å². The largest absolute Gasteiger partial charge is 0.326 e. The molecule has 4 heteroatoms. The fourth-order valence-corrected chi connectivity index (χ4v) is 1.86. The van der Waals surface area contributed by atoms with E-state index in [0.717, 1.165) is 30.5 Å². The van der Waals surface area contributed by atoms with E-state index in [2.05, 4.69) is 12.0 Å². The first kappa shape index (κ1) is 12.8. The first-order valence-corrected chi connectivity index (χ1v) is 6.26. The van der Waals surface area contributed by atoms with Gasteiger partial charge in [0.25, 0.3) is 0 Å². The molecule has 0 fully saturated rings. The normalized spacial score (nSPS) is 10.8. The highest BCUT2D eigenvalue weighted by Gasteiger charge is 2.08. The molecule has 0 radical (unpaired) electrons. The van der Waals surface area contributed by atoms with Crippen LogP contribution in [0, 0.1) is 5.82 Å². The smallest absolute Gasteiger partial charge is 0.131 e. The lowest BCUT2D eigenvalue weighted by Crippen LogP contribution is -1.97. The van der Waals surface area contributed by atoms with E-state index in [0.29, 0.717) is 12.1 Å². The molecule has 2 aromatic rings. The topological polar surface area (TPSA) is 43.8 Å². The van der Waals surface area contributed by atoms with Crippen LogP contribution in [0.4, 0.5) is 4.39 Å². The molecule has 0 amide bonds. The average Bonchev–Trinajstić information content (AvgIpc) is 2.84. The molecule has 2 N–H and O–H groups in total. The number of halogens is 1. The second-order valence-corrected chi connectivity index (χ2v) is 4.36. The van der Waals surface area contributed by atoms with Crippen molar-refractivity contribution in [3.8, 4) is 11.1 Å². The molecule has 1 aromatic heterocycles. The van der Waals surface area contributed by atoms with Crippen molar-refractivity contribution in [1.82, 2.24) is 9.78 Å². The standard InChI is InChI=1S/C14H18FN3/c1-2-3-6-18-10-12(9-17-18)13-5-4-11(8-16)7-14(13)15/h4-5,7,9-10H,2-3,6,8,16H2,1H3. The summed E-state index contributed by atoms with van der Waals surface area (Å²) in [5.74, 6) is -0.243. The number of rotatable bonds is 5. The molecule has 0 unspecified atom stereocenters. The fraction of sp³-hybridized carbons (Fsp3) is 0.357. The summed E-state index contributed by atoms with van der Waals surface area (Å²) in [6, 6.07) is 5.10. The Hall–Kier alpha value is -1.68. The van der Waals surface area contributed by atoms with Gasteiger partial charge >= 0.3 is 0 Å². The minimum absolute atomic E-state index is 0.243. The lowest BCUT2D eigenvalue weighted by atomic mass is 10.1. The molecule has 96 valence electrons. The SMILES string of the molecule is CCCCn1cc(-c2ccc(CN)cc2F)cn1. The quantitative estimate of drug-likeness (QED) is 0.882. The molecule has 0 saturated heterocycles. The van der Waals surface area contributed by atoms with Crippen LogP contribution in [-0.4, -0.2) is 9.78 Å². The lowest BCUT2D eigenvalue weighted by molar-refractivity contribution is 0.572. The van der Waals surface area contributed by atoms with Crippen molar-refractivity contribution in [2.75, 3.05) is 0 Å². The van der Waals surface area contributed by atoms with E-state index >= 15 is 0 Å². The molecule has 2 rings (SSSR count). The predicted molar refractivity (Wildman–Crippen MR) is 70.4 cm³/mol. The molecule has 1 heterocycles. The van der Waals surface area contributed by atoms with Crippen molar-refractivity contribution in [2.45, 2.75) is 32.9 Å². The van der Waals surface area contributed by atoms with Crippen LogP contribution >= 0.6 is 0 Å². The molecule has 0 saturated carbocycles. The van der Waals surface area contributed by atoms with E-state index in [1.54, 1.807) is 12.3 Å².